The zero-order chi connectivity index (χ0) is 32.7. The second-order valence-corrected chi connectivity index (χ2v) is 9.99. The molecule has 0 aliphatic carbocycles. The van der Waals surface area contributed by atoms with Gasteiger partial charge in [0.2, 0.25) is 0 Å². The van der Waals surface area contributed by atoms with E-state index in [1.54, 1.807) is 26.6 Å². The summed E-state index contributed by atoms with van der Waals surface area (Å²) in [6.45, 7) is 3.24. The molecule has 4 heterocycles. The Hall–Kier alpha value is -5.72. The normalized spacial score (nSPS) is 10.4. The number of hydrogen-bond acceptors (Lipinski definition) is 8. The lowest BCUT2D eigenvalue weighted by Gasteiger charge is -2.04. The fourth-order valence-corrected chi connectivity index (χ4v) is 4.55. The van der Waals surface area contributed by atoms with E-state index in [0.717, 1.165) is 48.7 Å². The number of hydrogen-bond donors (Lipinski definition) is 6. The van der Waals surface area contributed by atoms with E-state index in [4.69, 9.17) is 29.3 Å². The first-order chi connectivity index (χ1) is 22.4. The summed E-state index contributed by atoms with van der Waals surface area (Å²) in [5.41, 5.74) is 7.10. The van der Waals surface area contributed by atoms with Crippen molar-refractivity contribution < 1.29 is 29.3 Å². The number of fused-ring (bicyclic) bond motifs is 2. The molecule has 12 heteroatoms. The number of nitrogens with one attached hydrogen (secondary N) is 4. The Morgan fingerprint density at radius 3 is 1.46 bits per heavy atom. The lowest BCUT2D eigenvalue weighted by atomic mass is 10.1. The minimum Gasteiger partial charge on any atom is -0.497 e. The van der Waals surface area contributed by atoms with Gasteiger partial charge in [0.05, 0.1) is 14.2 Å². The van der Waals surface area contributed by atoms with Gasteiger partial charge in [-0.15, -0.1) is 0 Å². The number of methoxy groups -OCH3 is 2. The Balaban J connectivity index is 0.000000178. The average molecular weight is 625 g/mol. The fourth-order valence-electron chi connectivity index (χ4n) is 4.55. The lowest BCUT2D eigenvalue weighted by Crippen LogP contribution is -2.12. The van der Waals surface area contributed by atoms with E-state index < -0.39 is 11.9 Å². The Morgan fingerprint density at radius 1 is 0.674 bits per heavy atom. The highest BCUT2D eigenvalue weighted by Gasteiger charge is 2.06. The standard InChI is InChI=1S/2C16H17N3O.C2H2O4/c2*1-20-14-4-5-16-15(7-14)13(11-19-16)10-18-9-12-3-2-6-17-8-12;3-1(4)2(5)6/h2*2-8,11,18-19H,9-10H2,1H3;(H,3,4)(H,5,6). The smallest absolute Gasteiger partial charge is 0.414 e. The fraction of sp³-hybridized carbons (Fsp3) is 0.176. The molecule has 12 nitrogen and oxygen atoms in total. The molecule has 0 fully saturated rings. The molecule has 2 aromatic carbocycles. The number of carbonyl (C=O) groups is 2. The number of carboxylic acid groups (broad SMARTS) is 2. The molecular formula is C34H36N6O6. The topological polar surface area (TPSA) is 174 Å². The Morgan fingerprint density at radius 2 is 1.11 bits per heavy atom. The van der Waals surface area contributed by atoms with E-state index in [1.165, 1.54) is 33.0 Å². The molecule has 0 saturated heterocycles. The van der Waals surface area contributed by atoms with Gasteiger partial charge >= 0.3 is 11.9 Å². The third kappa shape index (κ3) is 9.64. The van der Waals surface area contributed by atoms with Crippen molar-refractivity contribution in [3.8, 4) is 11.5 Å². The SMILES string of the molecule is COc1ccc2[nH]cc(CNCc3cccnc3)c2c1.COc1ccc2[nH]cc(CNCc3cccnc3)c2c1.O=C(O)C(=O)O. The number of aromatic amines is 2. The van der Waals surface area contributed by atoms with Crippen molar-refractivity contribution in [1.29, 1.82) is 0 Å². The molecule has 6 aromatic rings. The predicted octanol–water partition coefficient (Wildman–Crippen LogP) is 4.88. The van der Waals surface area contributed by atoms with Gasteiger partial charge in [0, 0.05) is 85.2 Å². The Bertz CT molecular complexity index is 1700. The minimum absolute atomic E-state index is 0.808. The van der Waals surface area contributed by atoms with Crippen LogP contribution in [0.25, 0.3) is 21.8 Å². The summed E-state index contributed by atoms with van der Waals surface area (Å²) in [6, 6.07) is 20.2. The number of aliphatic carboxylic acids is 2. The number of carboxylic acids is 2. The maximum atomic E-state index is 9.10. The van der Waals surface area contributed by atoms with Crippen LogP contribution in [0.5, 0.6) is 11.5 Å². The molecular weight excluding hydrogens is 588 g/mol. The molecule has 0 atom stereocenters. The third-order valence-electron chi connectivity index (χ3n) is 6.87. The van der Waals surface area contributed by atoms with Gasteiger partial charge < -0.3 is 40.3 Å². The van der Waals surface area contributed by atoms with Crippen molar-refractivity contribution in [1.82, 2.24) is 30.6 Å². The van der Waals surface area contributed by atoms with Gasteiger partial charge in [0.1, 0.15) is 11.5 Å². The highest BCUT2D eigenvalue weighted by molar-refractivity contribution is 6.27. The minimum atomic E-state index is -1.82. The van der Waals surface area contributed by atoms with Gasteiger partial charge in [-0.2, -0.15) is 0 Å². The van der Waals surface area contributed by atoms with Gasteiger partial charge in [-0.1, -0.05) is 12.1 Å². The molecule has 0 aliphatic heterocycles. The van der Waals surface area contributed by atoms with E-state index in [9.17, 15) is 0 Å². The molecule has 0 radical (unpaired) electrons. The molecule has 0 amide bonds. The van der Waals surface area contributed by atoms with Crippen LogP contribution >= 0.6 is 0 Å². The Kier molecular flexibility index (Phi) is 12.2. The van der Waals surface area contributed by atoms with Crippen molar-refractivity contribution in [3.63, 3.8) is 0 Å². The van der Waals surface area contributed by atoms with Crippen LogP contribution < -0.4 is 20.1 Å². The van der Waals surface area contributed by atoms with Crippen molar-refractivity contribution in [2.45, 2.75) is 26.2 Å². The largest absolute Gasteiger partial charge is 0.497 e. The molecule has 46 heavy (non-hydrogen) atoms. The van der Waals surface area contributed by atoms with Crippen LogP contribution in [0.3, 0.4) is 0 Å². The number of aromatic nitrogens is 4. The predicted molar refractivity (Wildman–Crippen MR) is 175 cm³/mol. The summed E-state index contributed by atoms with van der Waals surface area (Å²) in [6.07, 6.45) is 11.4. The summed E-state index contributed by atoms with van der Waals surface area (Å²) < 4.78 is 10.6. The summed E-state index contributed by atoms with van der Waals surface area (Å²) in [5.74, 6) is -1.89. The van der Waals surface area contributed by atoms with Crippen molar-refractivity contribution in [3.05, 3.63) is 120 Å². The van der Waals surface area contributed by atoms with Gasteiger partial charge in [-0.05, 0) is 70.8 Å². The van der Waals surface area contributed by atoms with Crippen LogP contribution in [0.4, 0.5) is 0 Å². The second-order valence-electron chi connectivity index (χ2n) is 9.99. The molecule has 0 saturated carbocycles. The molecule has 0 bridgehead atoms. The number of nitrogens with zero attached hydrogens (tertiary/aromatic N) is 2. The highest BCUT2D eigenvalue weighted by atomic mass is 16.5. The van der Waals surface area contributed by atoms with Crippen LogP contribution in [-0.4, -0.2) is 56.3 Å². The summed E-state index contributed by atoms with van der Waals surface area (Å²) in [5, 5.41) is 24.0. The Labute approximate surface area is 265 Å². The first kappa shape index (κ1) is 33.2. The molecule has 6 N–H and O–H groups in total. The van der Waals surface area contributed by atoms with Crippen LogP contribution in [-0.2, 0) is 35.8 Å². The average Bonchev–Trinajstić information content (AvgIpc) is 3.69. The maximum absolute atomic E-state index is 9.10. The van der Waals surface area contributed by atoms with Crippen molar-refractivity contribution in [2.24, 2.45) is 0 Å². The number of rotatable bonds is 10. The summed E-state index contributed by atoms with van der Waals surface area (Å²) >= 11 is 0. The molecule has 4 aromatic heterocycles. The van der Waals surface area contributed by atoms with Crippen LogP contribution in [0.1, 0.15) is 22.3 Å². The summed E-state index contributed by atoms with van der Waals surface area (Å²) in [4.78, 5) is 33.0. The number of H-pyrrole nitrogens is 2. The second kappa shape index (κ2) is 16.9. The highest BCUT2D eigenvalue weighted by Crippen LogP contribution is 2.24. The molecule has 6 rings (SSSR count). The molecule has 238 valence electrons. The van der Waals surface area contributed by atoms with Gasteiger partial charge in [0.25, 0.3) is 0 Å². The summed E-state index contributed by atoms with van der Waals surface area (Å²) in [7, 11) is 3.38. The van der Waals surface area contributed by atoms with E-state index in [0.29, 0.717) is 0 Å². The lowest BCUT2D eigenvalue weighted by molar-refractivity contribution is -0.159. The van der Waals surface area contributed by atoms with Gasteiger partial charge in [0.15, 0.2) is 0 Å². The number of pyridine rings is 2. The monoisotopic (exact) mass is 624 g/mol. The quantitative estimate of drug-likeness (QED) is 0.115. The van der Waals surface area contributed by atoms with E-state index in [2.05, 4.69) is 54.8 Å². The first-order valence-corrected chi connectivity index (χ1v) is 14.3. The molecule has 0 unspecified atom stereocenters. The molecule has 0 spiro atoms. The van der Waals surface area contributed by atoms with Crippen LogP contribution in [0.2, 0.25) is 0 Å². The maximum Gasteiger partial charge on any atom is 0.414 e. The number of ether oxygens (including phenoxy) is 2. The zero-order valence-electron chi connectivity index (χ0n) is 25.5. The van der Waals surface area contributed by atoms with Gasteiger partial charge in [-0.25, -0.2) is 9.59 Å². The van der Waals surface area contributed by atoms with E-state index in [1.807, 2.05) is 61.2 Å². The van der Waals surface area contributed by atoms with Crippen LogP contribution in [0, 0.1) is 0 Å². The van der Waals surface area contributed by atoms with E-state index in [-0.39, 0.29) is 0 Å². The van der Waals surface area contributed by atoms with Crippen LogP contribution in [0.15, 0.2) is 97.8 Å². The van der Waals surface area contributed by atoms with Crippen molar-refractivity contribution >= 4 is 33.7 Å². The van der Waals surface area contributed by atoms with E-state index >= 15 is 0 Å². The first-order valence-electron chi connectivity index (χ1n) is 14.3. The van der Waals surface area contributed by atoms with Gasteiger partial charge in [-0.3, -0.25) is 9.97 Å². The van der Waals surface area contributed by atoms with Crippen molar-refractivity contribution in [2.75, 3.05) is 14.2 Å². The number of benzene rings is 2. The molecule has 0 aliphatic rings. The third-order valence-corrected chi connectivity index (χ3v) is 6.87. The zero-order valence-corrected chi connectivity index (χ0v) is 25.5.